The number of nitrogens with zero attached hydrogens (tertiary/aromatic N) is 2. The molecule has 3 aromatic rings. The van der Waals surface area contributed by atoms with Crippen LogP contribution >= 0.6 is 46.4 Å². The summed E-state index contributed by atoms with van der Waals surface area (Å²) in [5, 5.41) is 3.95. The van der Waals surface area contributed by atoms with Crippen LogP contribution in [0.25, 0.3) is 5.57 Å². The monoisotopic (exact) mass is 777 g/mol. The molecule has 1 N–H and O–H groups in total. The third-order valence-corrected chi connectivity index (χ3v) is 10.8. The highest BCUT2D eigenvalue weighted by Crippen LogP contribution is 2.43. The van der Waals surface area contributed by atoms with E-state index in [1.165, 1.54) is 0 Å². The van der Waals surface area contributed by atoms with Crippen LogP contribution in [-0.2, 0) is 27.4 Å². The van der Waals surface area contributed by atoms with Gasteiger partial charge in [-0.2, -0.15) is 0 Å². The Bertz CT molecular complexity index is 1710. The molecule has 3 aromatic carbocycles. The molecule has 2 aliphatic rings. The lowest BCUT2D eigenvalue weighted by Crippen LogP contribution is -2.64. The highest BCUT2D eigenvalue weighted by Gasteiger charge is 2.49. The average Bonchev–Trinajstić information content (AvgIpc) is 3.09. The van der Waals surface area contributed by atoms with Crippen molar-refractivity contribution in [1.82, 2.24) is 15.1 Å². The number of hydrogen-bond acceptors (Lipinski definition) is 7. The number of hydrogen-bond donors (Lipinski definition) is 1. The molecule has 2 amide bonds. The van der Waals surface area contributed by atoms with E-state index >= 15 is 0 Å². The average molecular weight is 780 g/mol. The quantitative estimate of drug-likeness (QED) is 0.139. The first-order valence-corrected chi connectivity index (χ1v) is 18.3. The third-order valence-electron chi connectivity index (χ3n) is 9.08. The van der Waals surface area contributed by atoms with Crippen LogP contribution < -0.4 is 14.8 Å². The Balaban J connectivity index is 1.34. The summed E-state index contributed by atoms with van der Waals surface area (Å²) in [6, 6.07) is 21.9. The van der Waals surface area contributed by atoms with E-state index in [0.29, 0.717) is 62.1 Å². The molecule has 2 bridgehead atoms. The Kier molecular flexibility index (Phi) is 13.1. The number of para-hydroxylation sites is 1. The second-order valence-electron chi connectivity index (χ2n) is 13.1. The first kappa shape index (κ1) is 39.0. The van der Waals surface area contributed by atoms with E-state index in [0.717, 1.165) is 28.0 Å². The summed E-state index contributed by atoms with van der Waals surface area (Å²) in [6.07, 6.45) is 0.449. The second kappa shape index (κ2) is 17.1. The summed E-state index contributed by atoms with van der Waals surface area (Å²) in [5.74, 6) is 1.27. The minimum Gasteiger partial charge on any atom is -0.496 e. The van der Waals surface area contributed by atoms with Gasteiger partial charge in [-0.1, -0.05) is 94.9 Å². The summed E-state index contributed by atoms with van der Waals surface area (Å²) < 4.78 is 21.2. The molecule has 0 saturated carbocycles. The van der Waals surface area contributed by atoms with E-state index in [4.69, 9.17) is 65.4 Å². The van der Waals surface area contributed by atoms with Gasteiger partial charge >= 0.3 is 6.09 Å². The van der Waals surface area contributed by atoms with Gasteiger partial charge in [-0.25, -0.2) is 4.79 Å². The molecule has 2 atom stereocenters. The van der Waals surface area contributed by atoms with Crippen LogP contribution in [0, 0.1) is 0 Å². The molecule has 0 spiro atoms. The van der Waals surface area contributed by atoms with Gasteiger partial charge in [0.25, 0.3) is 5.91 Å². The third kappa shape index (κ3) is 9.44. The lowest BCUT2D eigenvalue weighted by atomic mass is 9.82. The van der Waals surface area contributed by atoms with Crippen molar-refractivity contribution in [2.75, 3.05) is 40.5 Å². The maximum atomic E-state index is 14.4. The van der Waals surface area contributed by atoms with Crippen LogP contribution in [0.5, 0.6) is 11.5 Å². The Morgan fingerprint density at radius 2 is 1.63 bits per heavy atom. The number of methoxy groups -OCH3 is 1. The smallest absolute Gasteiger partial charge is 0.411 e. The first-order valence-electron chi connectivity index (χ1n) is 16.7. The van der Waals surface area contributed by atoms with E-state index in [-0.39, 0.29) is 18.5 Å². The number of halogens is 4. The van der Waals surface area contributed by atoms with Gasteiger partial charge in [-0.15, -0.1) is 0 Å². The van der Waals surface area contributed by atoms with Crippen molar-refractivity contribution in [1.29, 1.82) is 0 Å². The summed E-state index contributed by atoms with van der Waals surface area (Å²) in [6.45, 7) is 5.66. The van der Waals surface area contributed by atoms with Crippen LogP contribution in [0.4, 0.5) is 4.79 Å². The van der Waals surface area contributed by atoms with Crippen molar-refractivity contribution in [3.05, 3.63) is 100 Å². The number of nitrogens with one attached hydrogen (secondary N) is 1. The zero-order valence-corrected chi connectivity index (χ0v) is 32.1. The number of amides is 2. The zero-order chi connectivity index (χ0) is 36.8. The topological polar surface area (TPSA) is 89.6 Å². The molecule has 0 radical (unpaired) electrons. The lowest BCUT2D eigenvalue weighted by molar-refractivity contribution is -0.127. The minimum atomic E-state index is -1.87. The van der Waals surface area contributed by atoms with Gasteiger partial charge in [0.1, 0.15) is 11.5 Å². The summed E-state index contributed by atoms with van der Waals surface area (Å²) in [4.78, 5) is 31.5. The van der Waals surface area contributed by atoms with Crippen molar-refractivity contribution in [3.63, 3.8) is 0 Å². The molecular formula is C38H43Cl4N3O6. The number of fused-ring (bicyclic) bond motifs is 2. The number of carbonyl (C=O) groups excluding carboxylic acids is 2. The number of benzene rings is 3. The minimum absolute atomic E-state index is 0.232. The molecule has 2 aliphatic heterocycles. The normalized spacial score (nSPS) is 17.6. The summed E-state index contributed by atoms with van der Waals surface area (Å²) in [5.41, 5.74) is 2.57. The van der Waals surface area contributed by atoms with E-state index < -0.39 is 21.5 Å². The Morgan fingerprint density at radius 1 is 0.941 bits per heavy atom. The predicted molar refractivity (Wildman–Crippen MR) is 202 cm³/mol. The van der Waals surface area contributed by atoms with Crippen LogP contribution in [0.1, 0.15) is 43.4 Å². The largest absolute Gasteiger partial charge is 0.496 e. The van der Waals surface area contributed by atoms with Crippen LogP contribution in [-0.4, -0.2) is 83.7 Å². The fourth-order valence-electron chi connectivity index (χ4n) is 6.21. The highest BCUT2D eigenvalue weighted by atomic mass is 35.6. The van der Waals surface area contributed by atoms with Crippen LogP contribution in [0.2, 0.25) is 5.02 Å². The van der Waals surface area contributed by atoms with Crippen molar-refractivity contribution in [3.8, 4) is 11.5 Å². The number of piperazine rings is 1. The maximum Gasteiger partial charge on any atom is 0.411 e. The molecule has 274 valence electrons. The second-order valence-corrected chi connectivity index (χ2v) is 15.7. The Hall–Kier alpha value is -3.18. The van der Waals surface area contributed by atoms with E-state index in [1.807, 2.05) is 66.7 Å². The fourth-order valence-corrected chi connectivity index (χ4v) is 6.52. The Labute approximate surface area is 319 Å². The van der Waals surface area contributed by atoms with Gasteiger partial charge in [-0.3, -0.25) is 9.69 Å². The molecule has 51 heavy (non-hydrogen) atoms. The van der Waals surface area contributed by atoms with E-state index in [9.17, 15) is 9.59 Å². The van der Waals surface area contributed by atoms with Crippen LogP contribution in [0.15, 0.2) is 78.4 Å². The fraction of sp³-hybridized carbons (Fsp3) is 0.421. The number of alkyl halides is 3. The standard InChI is InChI=1S/C38H43Cl4N3O6/c1-37(2,38(40,41)42)51-36(47)45-28-20-30(34(32(45)22-43-21-28)35(46)44(3)23-26-10-5-7-12-31(26)39)25-14-16-29(17-15-25)50-19-9-18-49-24-27-11-6-8-13-33(27)48-4/h5-8,10-17,28,32,43H,9,18-24H2,1-4H3/t28-,32-/m1/s1. The highest BCUT2D eigenvalue weighted by molar-refractivity contribution is 6.68. The predicted octanol–water partition coefficient (Wildman–Crippen LogP) is 8.08. The number of likely N-dealkylation sites (N-methyl/N-ethyl adjacent to an activating group) is 1. The van der Waals surface area contributed by atoms with Gasteiger partial charge in [0.05, 0.1) is 39.0 Å². The van der Waals surface area contributed by atoms with E-state index in [2.05, 4.69) is 5.32 Å². The summed E-state index contributed by atoms with van der Waals surface area (Å²) >= 11 is 24.9. The Morgan fingerprint density at radius 3 is 2.31 bits per heavy atom. The molecule has 0 aromatic heterocycles. The van der Waals surface area contributed by atoms with Gasteiger partial charge in [0.2, 0.25) is 3.79 Å². The van der Waals surface area contributed by atoms with Crippen LogP contribution in [0.3, 0.4) is 0 Å². The van der Waals surface area contributed by atoms with Crippen molar-refractivity contribution < 1.29 is 28.5 Å². The molecule has 1 fully saturated rings. The molecule has 0 unspecified atom stereocenters. The van der Waals surface area contributed by atoms with Crippen molar-refractivity contribution in [2.24, 2.45) is 0 Å². The zero-order valence-electron chi connectivity index (χ0n) is 29.1. The van der Waals surface area contributed by atoms with E-state index in [1.54, 1.807) is 43.9 Å². The molecule has 5 rings (SSSR count). The van der Waals surface area contributed by atoms with Gasteiger partial charge in [0.15, 0.2) is 5.60 Å². The van der Waals surface area contributed by atoms with Crippen molar-refractivity contribution in [2.45, 2.75) is 61.3 Å². The lowest BCUT2D eigenvalue weighted by Gasteiger charge is -2.48. The molecule has 0 aliphatic carbocycles. The molecule has 13 heteroatoms. The first-order chi connectivity index (χ1) is 24.3. The van der Waals surface area contributed by atoms with Gasteiger partial charge < -0.3 is 29.2 Å². The van der Waals surface area contributed by atoms with Gasteiger partial charge in [-0.05, 0) is 61.2 Å². The molecule has 2 heterocycles. The molecule has 9 nitrogen and oxygen atoms in total. The molecular weight excluding hydrogens is 736 g/mol. The van der Waals surface area contributed by atoms with Crippen molar-refractivity contribution >= 4 is 64.0 Å². The van der Waals surface area contributed by atoms with Gasteiger partial charge in [0, 0.05) is 49.3 Å². The maximum absolute atomic E-state index is 14.4. The number of ether oxygens (including phenoxy) is 4. The number of carbonyl (C=O) groups is 2. The SMILES string of the molecule is COc1ccccc1COCCCOc1ccc(C2=C(C(=O)N(C)Cc3ccccc3Cl)[C@H]3CNC[C@@H](C2)N3C(=O)OC(C)(C)C(Cl)(Cl)Cl)cc1. The summed E-state index contributed by atoms with van der Waals surface area (Å²) in [7, 11) is 3.37. The number of rotatable bonds is 13. The molecule has 1 saturated heterocycles.